The van der Waals surface area contributed by atoms with E-state index >= 15 is 0 Å². The van der Waals surface area contributed by atoms with Gasteiger partial charge >= 0.3 is 0 Å². The maximum Gasteiger partial charge on any atom is 0.00684 e. The molecule has 0 aromatic rings. The highest BCUT2D eigenvalue weighted by molar-refractivity contribution is 4.89. The average molecular weight is 211 g/mol. The van der Waals surface area contributed by atoms with Gasteiger partial charge in [-0.2, -0.15) is 0 Å². The second-order valence-corrected chi connectivity index (χ2v) is 5.41. The first-order chi connectivity index (χ1) is 7.18. The van der Waals surface area contributed by atoms with E-state index in [2.05, 4.69) is 33.0 Å². The first-order valence-corrected chi connectivity index (χ1v) is 6.91. The molecule has 1 rings (SSSR count). The first kappa shape index (κ1) is 13.0. The van der Waals surface area contributed by atoms with Crippen molar-refractivity contribution in [3.63, 3.8) is 0 Å². The fraction of sp³-hybridized carbons (Fsp3) is 1.00. The van der Waals surface area contributed by atoms with Gasteiger partial charge in [0, 0.05) is 12.6 Å². The van der Waals surface area contributed by atoms with Crippen molar-refractivity contribution >= 4 is 0 Å². The van der Waals surface area contributed by atoms with Crippen LogP contribution >= 0.6 is 0 Å². The van der Waals surface area contributed by atoms with Crippen molar-refractivity contribution in [3.8, 4) is 0 Å². The minimum Gasteiger partial charge on any atom is -0.313 e. The Morgan fingerprint density at radius 3 is 2.20 bits per heavy atom. The molecule has 0 bridgehead atoms. The predicted molar refractivity (Wildman–Crippen MR) is 68.1 cm³/mol. The van der Waals surface area contributed by atoms with Crippen LogP contribution in [-0.2, 0) is 0 Å². The van der Waals surface area contributed by atoms with Crippen molar-refractivity contribution in [2.75, 3.05) is 6.54 Å². The summed E-state index contributed by atoms with van der Waals surface area (Å²) >= 11 is 0. The average Bonchev–Trinajstić information content (AvgIpc) is 3.04. The molecule has 0 aliphatic heterocycles. The van der Waals surface area contributed by atoms with Crippen molar-refractivity contribution in [2.24, 2.45) is 11.3 Å². The van der Waals surface area contributed by atoms with Crippen LogP contribution < -0.4 is 5.32 Å². The molecule has 0 aromatic carbocycles. The Morgan fingerprint density at radius 1 is 1.20 bits per heavy atom. The summed E-state index contributed by atoms with van der Waals surface area (Å²) < 4.78 is 0. The Bertz CT molecular complexity index is 168. The molecule has 0 spiro atoms. The topological polar surface area (TPSA) is 12.0 Å². The molecule has 1 saturated carbocycles. The maximum absolute atomic E-state index is 3.74. The van der Waals surface area contributed by atoms with E-state index in [-0.39, 0.29) is 0 Å². The molecule has 1 nitrogen and oxygen atoms in total. The van der Waals surface area contributed by atoms with Gasteiger partial charge in [0.2, 0.25) is 0 Å². The Balaban J connectivity index is 2.48. The van der Waals surface area contributed by atoms with E-state index in [1.165, 1.54) is 45.1 Å². The molecule has 0 amide bonds. The van der Waals surface area contributed by atoms with Crippen LogP contribution in [0.3, 0.4) is 0 Å². The number of hydrogen-bond donors (Lipinski definition) is 1. The summed E-state index contributed by atoms with van der Waals surface area (Å²) in [5, 5.41) is 3.74. The number of hydrogen-bond acceptors (Lipinski definition) is 1. The summed E-state index contributed by atoms with van der Waals surface area (Å²) in [6, 6.07) is 0.858. The van der Waals surface area contributed by atoms with Crippen LogP contribution in [0.4, 0.5) is 0 Å². The summed E-state index contributed by atoms with van der Waals surface area (Å²) in [4.78, 5) is 0. The van der Waals surface area contributed by atoms with Gasteiger partial charge < -0.3 is 5.32 Å². The second kappa shape index (κ2) is 5.89. The predicted octanol–water partition coefficient (Wildman–Crippen LogP) is 3.98. The molecule has 1 fully saturated rings. The lowest BCUT2D eigenvalue weighted by atomic mass is 9.70. The molecule has 90 valence electrons. The molecule has 0 aromatic heterocycles. The molecule has 0 radical (unpaired) electrons. The van der Waals surface area contributed by atoms with Gasteiger partial charge in [-0.25, -0.2) is 0 Å². The first-order valence-electron chi connectivity index (χ1n) is 6.91. The molecular weight excluding hydrogens is 182 g/mol. The van der Waals surface area contributed by atoms with Gasteiger partial charge in [0.25, 0.3) is 0 Å². The lowest BCUT2D eigenvalue weighted by Crippen LogP contribution is -2.39. The molecule has 0 saturated heterocycles. The number of nitrogens with one attached hydrogen (secondary N) is 1. The van der Waals surface area contributed by atoms with Gasteiger partial charge in [-0.3, -0.25) is 0 Å². The normalized spacial score (nSPS) is 19.2. The second-order valence-electron chi connectivity index (χ2n) is 5.41. The van der Waals surface area contributed by atoms with E-state index in [9.17, 15) is 0 Å². The van der Waals surface area contributed by atoms with E-state index in [4.69, 9.17) is 0 Å². The monoisotopic (exact) mass is 211 g/mol. The third-order valence-corrected chi connectivity index (χ3v) is 4.50. The highest BCUT2D eigenvalue weighted by atomic mass is 15.0. The minimum atomic E-state index is 0.554. The maximum atomic E-state index is 3.74. The van der Waals surface area contributed by atoms with Gasteiger partial charge in [0.15, 0.2) is 0 Å². The van der Waals surface area contributed by atoms with E-state index in [1.807, 2.05) is 0 Å². The van der Waals surface area contributed by atoms with Crippen molar-refractivity contribution in [1.29, 1.82) is 0 Å². The van der Waals surface area contributed by atoms with Crippen molar-refractivity contribution in [2.45, 2.75) is 72.3 Å². The summed E-state index contributed by atoms with van der Waals surface area (Å²) in [6.07, 6.45) is 8.17. The van der Waals surface area contributed by atoms with Crippen LogP contribution in [0.15, 0.2) is 0 Å². The molecular formula is C14H29N. The lowest BCUT2D eigenvalue weighted by molar-refractivity contribution is 0.141. The van der Waals surface area contributed by atoms with Crippen LogP contribution in [0.2, 0.25) is 0 Å². The Morgan fingerprint density at radius 2 is 1.80 bits per heavy atom. The Hall–Kier alpha value is -0.0400. The molecule has 1 atom stereocenters. The molecule has 1 unspecified atom stereocenters. The molecule has 1 aliphatic carbocycles. The van der Waals surface area contributed by atoms with Gasteiger partial charge in [0.1, 0.15) is 0 Å². The van der Waals surface area contributed by atoms with Gasteiger partial charge in [0.05, 0.1) is 0 Å². The molecule has 15 heavy (non-hydrogen) atoms. The molecule has 1 aliphatic rings. The molecule has 0 heterocycles. The Kier molecular flexibility index (Phi) is 5.11. The smallest absolute Gasteiger partial charge is 0.00684 e. The van der Waals surface area contributed by atoms with E-state index in [1.54, 1.807) is 0 Å². The lowest BCUT2D eigenvalue weighted by Gasteiger charge is -2.38. The summed E-state index contributed by atoms with van der Waals surface area (Å²) in [5.41, 5.74) is 0.554. The van der Waals surface area contributed by atoms with Crippen molar-refractivity contribution in [3.05, 3.63) is 0 Å². The fourth-order valence-electron chi connectivity index (χ4n) is 2.75. The molecule has 1 heteroatoms. The summed E-state index contributed by atoms with van der Waals surface area (Å²) in [5.74, 6) is 0.865. The van der Waals surface area contributed by atoms with Crippen LogP contribution in [-0.4, -0.2) is 12.6 Å². The van der Waals surface area contributed by atoms with E-state index < -0.39 is 0 Å². The quantitative estimate of drug-likeness (QED) is 0.640. The van der Waals surface area contributed by atoms with Gasteiger partial charge in [-0.05, 0) is 37.0 Å². The minimum absolute atomic E-state index is 0.554. The summed E-state index contributed by atoms with van der Waals surface area (Å²) in [7, 11) is 0. The highest BCUT2D eigenvalue weighted by Crippen LogP contribution is 2.38. The van der Waals surface area contributed by atoms with Gasteiger partial charge in [-0.15, -0.1) is 0 Å². The van der Waals surface area contributed by atoms with Crippen LogP contribution in [0.5, 0.6) is 0 Å². The zero-order valence-corrected chi connectivity index (χ0v) is 11.1. The standard InChI is InChI=1S/C14H29N/c1-5-8-12(4)14(6-2,7-3)11-15-13-9-10-13/h12-13,15H,5-11H2,1-4H3. The van der Waals surface area contributed by atoms with Crippen LogP contribution in [0.25, 0.3) is 0 Å². The highest BCUT2D eigenvalue weighted by Gasteiger charge is 2.33. The number of rotatable bonds is 8. The van der Waals surface area contributed by atoms with Crippen LogP contribution in [0, 0.1) is 11.3 Å². The third kappa shape index (κ3) is 3.48. The zero-order chi connectivity index (χ0) is 11.3. The van der Waals surface area contributed by atoms with E-state index in [0.29, 0.717) is 5.41 Å². The fourth-order valence-corrected chi connectivity index (χ4v) is 2.75. The molecule has 1 N–H and O–H groups in total. The van der Waals surface area contributed by atoms with Crippen molar-refractivity contribution in [1.82, 2.24) is 5.32 Å². The Labute approximate surface area is 96.0 Å². The van der Waals surface area contributed by atoms with Crippen molar-refractivity contribution < 1.29 is 0 Å². The largest absolute Gasteiger partial charge is 0.313 e. The van der Waals surface area contributed by atoms with E-state index in [0.717, 1.165) is 12.0 Å². The zero-order valence-electron chi connectivity index (χ0n) is 11.1. The third-order valence-electron chi connectivity index (χ3n) is 4.50. The van der Waals surface area contributed by atoms with Crippen LogP contribution in [0.1, 0.15) is 66.2 Å². The van der Waals surface area contributed by atoms with Gasteiger partial charge in [-0.1, -0.05) is 40.5 Å². The SMILES string of the molecule is CCCC(C)C(CC)(CC)CNC1CC1. The summed E-state index contributed by atoms with van der Waals surface area (Å²) in [6.45, 7) is 10.7.